The van der Waals surface area contributed by atoms with E-state index < -0.39 is 0 Å². The van der Waals surface area contributed by atoms with Crippen LogP contribution in [0, 0.1) is 0 Å². The van der Waals surface area contributed by atoms with E-state index in [1.54, 1.807) is 0 Å². The second-order valence-corrected chi connectivity index (χ2v) is 8.48. The van der Waals surface area contributed by atoms with E-state index in [1.807, 2.05) is 30.3 Å². The number of likely N-dealkylation sites (tertiary alicyclic amines) is 1. The fraction of sp³-hybridized carbons (Fsp3) is 0.261. The Morgan fingerprint density at radius 1 is 1.13 bits per heavy atom. The van der Waals surface area contributed by atoms with E-state index in [0.717, 1.165) is 42.5 Å². The molecular weight excluding hydrogens is 396 g/mol. The van der Waals surface area contributed by atoms with Gasteiger partial charge in [-0.1, -0.05) is 54.2 Å². The average molecular weight is 419 g/mol. The summed E-state index contributed by atoms with van der Waals surface area (Å²) in [6, 6.07) is 18.4. The van der Waals surface area contributed by atoms with Crippen LogP contribution in [0.2, 0.25) is 0 Å². The molecule has 4 aromatic rings. The van der Waals surface area contributed by atoms with E-state index >= 15 is 0 Å². The molecule has 2 aromatic heterocycles. The van der Waals surface area contributed by atoms with Crippen LogP contribution in [0.3, 0.4) is 0 Å². The van der Waals surface area contributed by atoms with Crippen molar-refractivity contribution in [1.82, 2.24) is 20.2 Å². The lowest BCUT2D eigenvalue weighted by molar-refractivity contribution is -0.119. The predicted octanol–water partition coefficient (Wildman–Crippen LogP) is 3.86. The summed E-state index contributed by atoms with van der Waals surface area (Å²) in [6.45, 7) is 2.80. The third-order valence-corrected chi connectivity index (χ3v) is 6.32. The molecule has 30 heavy (non-hydrogen) atoms. The maximum atomic E-state index is 12.5. The van der Waals surface area contributed by atoms with Crippen molar-refractivity contribution < 1.29 is 9.21 Å². The molecule has 1 amide bonds. The molecule has 1 N–H and O–H groups in total. The minimum atomic E-state index is 0.0226. The van der Waals surface area contributed by atoms with E-state index in [-0.39, 0.29) is 11.9 Å². The van der Waals surface area contributed by atoms with Gasteiger partial charge in [0.2, 0.25) is 5.91 Å². The fourth-order valence-corrected chi connectivity index (χ4v) is 4.69. The van der Waals surface area contributed by atoms with Gasteiger partial charge in [0, 0.05) is 31.1 Å². The predicted molar refractivity (Wildman–Crippen MR) is 118 cm³/mol. The zero-order chi connectivity index (χ0) is 20.3. The summed E-state index contributed by atoms with van der Waals surface area (Å²) in [6.07, 6.45) is 2.51. The van der Waals surface area contributed by atoms with Crippen LogP contribution < -0.4 is 5.32 Å². The standard InChI is InChI=1S/C23H22N4O2S/c28-20(26-17-10-11-27(13-17)12-16-6-2-1-3-7-16)14-30-23-22-21(24-15-25-23)18-8-4-5-9-19(18)29-22/h1-9,15,17H,10-14H2,(H,26,28)/t17-/m1/s1. The topological polar surface area (TPSA) is 71.3 Å². The molecule has 1 saturated heterocycles. The number of aromatic nitrogens is 2. The summed E-state index contributed by atoms with van der Waals surface area (Å²) in [7, 11) is 0. The van der Waals surface area contributed by atoms with Gasteiger partial charge in [-0.25, -0.2) is 9.97 Å². The van der Waals surface area contributed by atoms with Crippen LogP contribution >= 0.6 is 11.8 Å². The van der Waals surface area contributed by atoms with Gasteiger partial charge in [0.15, 0.2) is 5.58 Å². The Morgan fingerprint density at radius 3 is 2.87 bits per heavy atom. The molecule has 0 spiro atoms. The third-order valence-electron chi connectivity index (χ3n) is 5.35. The number of furan rings is 1. The van der Waals surface area contributed by atoms with Gasteiger partial charge in [0.05, 0.1) is 5.75 Å². The normalized spacial score (nSPS) is 17.0. The maximum absolute atomic E-state index is 12.5. The number of para-hydroxylation sites is 1. The van der Waals surface area contributed by atoms with Crippen molar-refractivity contribution in [2.24, 2.45) is 0 Å². The highest BCUT2D eigenvalue weighted by atomic mass is 32.2. The number of hydrogen-bond acceptors (Lipinski definition) is 6. The number of benzene rings is 2. The van der Waals surface area contributed by atoms with Gasteiger partial charge < -0.3 is 9.73 Å². The summed E-state index contributed by atoms with van der Waals surface area (Å²) in [5, 5.41) is 4.83. The summed E-state index contributed by atoms with van der Waals surface area (Å²) >= 11 is 1.39. The van der Waals surface area contributed by atoms with Gasteiger partial charge in [-0.15, -0.1) is 0 Å². The molecule has 0 aliphatic carbocycles. The zero-order valence-corrected chi connectivity index (χ0v) is 17.3. The Balaban J connectivity index is 1.18. The molecule has 5 rings (SSSR count). The Bertz CT molecular complexity index is 1180. The van der Waals surface area contributed by atoms with E-state index in [1.165, 1.54) is 23.7 Å². The lowest BCUT2D eigenvalue weighted by Gasteiger charge is -2.16. The van der Waals surface area contributed by atoms with Gasteiger partial charge >= 0.3 is 0 Å². The zero-order valence-electron chi connectivity index (χ0n) is 16.5. The highest BCUT2D eigenvalue weighted by Crippen LogP contribution is 2.32. The van der Waals surface area contributed by atoms with Gasteiger partial charge in [-0.3, -0.25) is 9.69 Å². The molecule has 3 heterocycles. The van der Waals surface area contributed by atoms with Gasteiger partial charge in [-0.05, 0) is 24.1 Å². The van der Waals surface area contributed by atoms with Crippen LogP contribution in [-0.4, -0.2) is 45.7 Å². The number of carbonyl (C=O) groups excluding carboxylic acids is 1. The van der Waals surface area contributed by atoms with Crippen molar-refractivity contribution in [3.63, 3.8) is 0 Å². The number of thioether (sulfide) groups is 1. The molecule has 6 nitrogen and oxygen atoms in total. The summed E-state index contributed by atoms with van der Waals surface area (Å²) in [5.74, 6) is 0.327. The van der Waals surface area contributed by atoms with Crippen molar-refractivity contribution in [3.05, 3.63) is 66.5 Å². The molecule has 0 unspecified atom stereocenters. The minimum absolute atomic E-state index is 0.0226. The lowest BCUT2D eigenvalue weighted by Crippen LogP contribution is -2.38. The van der Waals surface area contributed by atoms with Crippen LogP contribution in [0.15, 0.2) is 70.4 Å². The monoisotopic (exact) mass is 418 g/mol. The number of nitrogens with one attached hydrogen (secondary N) is 1. The van der Waals surface area contributed by atoms with Crippen molar-refractivity contribution >= 4 is 39.7 Å². The molecule has 1 aliphatic heterocycles. The first kappa shape index (κ1) is 19.1. The molecule has 0 radical (unpaired) electrons. The van der Waals surface area contributed by atoms with Gasteiger partial charge in [0.1, 0.15) is 22.5 Å². The number of fused-ring (bicyclic) bond motifs is 3. The first-order valence-corrected chi connectivity index (χ1v) is 11.1. The maximum Gasteiger partial charge on any atom is 0.230 e. The van der Waals surface area contributed by atoms with Crippen LogP contribution in [0.5, 0.6) is 0 Å². The van der Waals surface area contributed by atoms with Crippen LogP contribution in [0.4, 0.5) is 0 Å². The second-order valence-electron chi connectivity index (χ2n) is 7.52. The van der Waals surface area contributed by atoms with Crippen molar-refractivity contribution in [2.75, 3.05) is 18.8 Å². The number of rotatable bonds is 6. The quantitative estimate of drug-likeness (QED) is 0.379. The Kier molecular flexibility index (Phi) is 5.38. The molecule has 7 heteroatoms. The number of amides is 1. The SMILES string of the molecule is O=C(CSc1ncnc2c1oc1ccccc12)N[C@@H]1CCN(Cc2ccccc2)C1. The first-order valence-electron chi connectivity index (χ1n) is 10.1. The van der Waals surface area contributed by atoms with E-state index in [2.05, 4.69) is 44.5 Å². The molecule has 1 fully saturated rings. The minimum Gasteiger partial charge on any atom is -0.451 e. The average Bonchev–Trinajstić information content (AvgIpc) is 3.37. The van der Waals surface area contributed by atoms with Crippen molar-refractivity contribution in [1.29, 1.82) is 0 Å². The Hall–Kier alpha value is -2.90. The largest absolute Gasteiger partial charge is 0.451 e. The van der Waals surface area contributed by atoms with Crippen LogP contribution in [-0.2, 0) is 11.3 Å². The highest BCUT2D eigenvalue weighted by molar-refractivity contribution is 8.00. The second kappa shape index (κ2) is 8.45. The molecule has 1 atom stereocenters. The molecule has 1 aliphatic rings. The Labute approximate surface area is 178 Å². The smallest absolute Gasteiger partial charge is 0.230 e. The van der Waals surface area contributed by atoms with Gasteiger partial charge in [0.25, 0.3) is 0 Å². The number of carbonyl (C=O) groups is 1. The number of hydrogen-bond donors (Lipinski definition) is 1. The van der Waals surface area contributed by atoms with Crippen molar-refractivity contribution in [2.45, 2.75) is 24.0 Å². The van der Waals surface area contributed by atoms with E-state index in [9.17, 15) is 4.79 Å². The van der Waals surface area contributed by atoms with Crippen LogP contribution in [0.1, 0.15) is 12.0 Å². The summed E-state index contributed by atoms with van der Waals surface area (Å²) in [4.78, 5) is 23.6. The molecule has 0 bridgehead atoms. The summed E-state index contributed by atoms with van der Waals surface area (Å²) < 4.78 is 5.94. The molecule has 152 valence electrons. The number of nitrogens with zero attached hydrogens (tertiary/aromatic N) is 3. The first-order chi connectivity index (χ1) is 14.8. The molecule has 2 aromatic carbocycles. The molecular formula is C23H22N4O2S. The van der Waals surface area contributed by atoms with Crippen LogP contribution in [0.25, 0.3) is 22.1 Å². The third kappa shape index (κ3) is 4.04. The fourth-order valence-electron chi connectivity index (χ4n) is 3.94. The van der Waals surface area contributed by atoms with Gasteiger partial charge in [-0.2, -0.15) is 0 Å². The Morgan fingerprint density at radius 2 is 1.97 bits per heavy atom. The summed E-state index contributed by atoms with van der Waals surface area (Å²) in [5.41, 5.74) is 3.52. The van der Waals surface area contributed by atoms with Crippen molar-refractivity contribution in [3.8, 4) is 0 Å². The van der Waals surface area contributed by atoms with E-state index in [0.29, 0.717) is 16.4 Å². The highest BCUT2D eigenvalue weighted by Gasteiger charge is 2.24. The lowest BCUT2D eigenvalue weighted by atomic mass is 10.2. The molecule has 0 saturated carbocycles. The van der Waals surface area contributed by atoms with E-state index in [4.69, 9.17) is 4.42 Å².